The number of ether oxygens (including phenoxy) is 2. The highest BCUT2D eigenvalue weighted by molar-refractivity contribution is 7.15. The first-order valence-corrected chi connectivity index (χ1v) is 10.6. The van der Waals surface area contributed by atoms with Crippen molar-refractivity contribution in [2.45, 2.75) is 13.3 Å². The molecule has 2 aromatic carbocycles. The molecule has 0 atom stereocenters. The lowest BCUT2D eigenvalue weighted by atomic mass is 10.1. The van der Waals surface area contributed by atoms with Crippen LogP contribution in [-0.4, -0.2) is 29.0 Å². The highest BCUT2D eigenvalue weighted by atomic mass is 35.5. The number of fused-ring (bicyclic) bond motifs is 1. The molecular weight excluding hydrogens is 422 g/mol. The zero-order valence-electron chi connectivity index (χ0n) is 16.5. The lowest BCUT2D eigenvalue weighted by Crippen LogP contribution is -2.15. The zero-order valence-corrected chi connectivity index (χ0v) is 18.1. The van der Waals surface area contributed by atoms with Gasteiger partial charge in [0.1, 0.15) is 11.5 Å². The molecule has 0 aliphatic carbocycles. The minimum Gasteiger partial charge on any atom is -0.495 e. The van der Waals surface area contributed by atoms with Gasteiger partial charge < -0.3 is 14.8 Å². The van der Waals surface area contributed by atoms with E-state index in [1.807, 2.05) is 47.2 Å². The highest BCUT2D eigenvalue weighted by Gasteiger charge is 2.14. The van der Waals surface area contributed by atoms with E-state index in [4.69, 9.17) is 21.1 Å². The van der Waals surface area contributed by atoms with Gasteiger partial charge in [0.2, 0.25) is 5.91 Å². The molecule has 0 aliphatic rings. The van der Waals surface area contributed by atoms with E-state index in [0.29, 0.717) is 23.1 Å². The van der Waals surface area contributed by atoms with E-state index in [2.05, 4.69) is 10.3 Å². The van der Waals surface area contributed by atoms with Crippen molar-refractivity contribution in [1.82, 2.24) is 9.38 Å². The molecule has 0 saturated carbocycles. The summed E-state index contributed by atoms with van der Waals surface area (Å²) >= 11 is 7.54. The van der Waals surface area contributed by atoms with Gasteiger partial charge in [0.15, 0.2) is 4.96 Å². The lowest BCUT2D eigenvalue weighted by molar-refractivity contribution is -0.115. The Hall–Kier alpha value is -3.03. The van der Waals surface area contributed by atoms with E-state index in [9.17, 15) is 4.79 Å². The monoisotopic (exact) mass is 441 g/mol. The molecule has 0 bridgehead atoms. The Balaban J connectivity index is 1.52. The molecule has 0 fully saturated rings. The van der Waals surface area contributed by atoms with Crippen molar-refractivity contribution in [1.29, 1.82) is 0 Å². The number of nitrogens with zero attached hydrogens (tertiary/aromatic N) is 2. The number of hydrogen-bond acceptors (Lipinski definition) is 5. The predicted octanol–water partition coefficient (Wildman–Crippen LogP) is 5.30. The van der Waals surface area contributed by atoms with E-state index >= 15 is 0 Å². The predicted molar refractivity (Wildman–Crippen MR) is 120 cm³/mol. The van der Waals surface area contributed by atoms with E-state index < -0.39 is 0 Å². The second kappa shape index (κ2) is 8.77. The smallest absolute Gasteiger partial charge is 0.230 e. The quantitative estimate of drug-likeness (QED) is 0.422. The largest absolute Gasteiger partial charge is 0.495 e. The summed E-state index contributed by atoms with van der Waals surface area (Å²) in [5.74, 6) is 1.23. The third kappa shape index (κ3) is 4.27. The van der Waals surface area contributed by atoms with Crippen LogP contribution < -0.4 is 14.8 Å². The molecule has 6 nitrogen and oxygen atoms in total. The molecule has 1 amide bonds. The summed E-state index contributed by atoms with van der Waals surface area (Å²) in [5, 5.41) is 5.34. The summed E-state index contributed by atoms with van der Waals surface area (Å²) in [5.41, 5.74) is 3.25. The van der Waals surface area contributed by atoms with Gasteiger partial charge in [-0.05, 0) is 49.4 Å². The average Bonchev–Trinajstić information content (AvgIpc) is 3.31. The van der Waals surface area contributed by atoms with Gasteiger partial charge in [0.25, 0.3) is 0 Å². The first-order chi connectivity index (χ1) is 14.6. The third-order valence-corrected chi connectivity index (χ3v) is 5.65. The van der Waals surface area contributed by atoms with Gasteiger partial charge in [-0.2, -0.15) is 0 Å². The number of amides is 1. The zero-order chi connectivity index (χ0) is 21.1. The van der Waals surface area contributed by atoms with Crippen molar-refractivity contribution >= 4 is 39.5 Å². The van der Waals surface area contributed by atoms with Crippen LogP contribution in [0.5, 0.6) is 11.5 Å². The van der Waals surface area contributed by atoms with Gasteiger partial charge in [-0.25, -0.2) is 4.98 Å². The fourth-order valence-corrected chi connectivity index (χ4v) is 4.17. The van der Waals surface area contributed by atoms with Crippen LogP contribution in [0.4, 0.5) is 5.69 Å². The Morgan fingerprint density at radius 3 is 2.77 bits per heavy atom. The van der Waals surface area contributed by atoms with Gasteiger partial charge in [-0.15, -0.1) is 11.3 Å². The summed E-state index contributed by atoms with van der Waals surface area (Å²) < 4.78 is 12.7. The number of carbonyl (C=O) groups excluding carboxylic acids is 1. The molecule has 2 aromatic heterocycles. The Morgan fingerprint density at radius 2 is 2.03 bits per heavy atom. The number of rotatable bonds is 7. The molecule has 4 aromatic rings. The van der Waals surface area contributed by atoms with Gasteiger partial charge in [0, 0.05) is 27.9 Å². The first kappa shape index (κ1) is 20.3. The minimum absolute atomic E-state index is 0.161. The van der Waals surface area contributed by atoms with Crippen LogP contribution in [-0.2, 0) is 11.2 Å². The van der Waals surface area contributed by atoms with Crippen molar-refractivity contribution in [3.05, 3.63) is 64.8 Å². The number of imidazole rings is 1. The Kier molecular flexibility index (Phi) is 5.92. The molecule has 0 aliphatic heterocycles. The topological polar surface area (TPSA) is 64.9 Å². The highest BCUT2D eigenvalue weighted by Crippen LogP contribution is 2.29. The molecular formula is C22H20ClN3O3S. The van der Waals surface area contributed by atoms with Crippen molar-refractivity contribution in [2.24, 2.45) is 0 Å². The maximum atomic E-state index is 12.6. The maximum Gasteiger partial charge on any atom is 0.230 e. The standard InChI is InChI=1S/C22H20ClN3O3S/c1-3-29-17-7-4-14(5-8-17)19-12-26-16(13-30-22(26)25-19)11-21(27)24-18-10-15(23)6-9-20(18)28-2/h4-10,12-13H,3,11H2,1-2H3,(H,24,27). The number of aromatic nitrogens is 2. The molecule has 30 heavy (non-hydrogen) atoms. The van der Waals surface area contributed by atoms with Crippen LogP contribution in [0.2, 0.25) is 5.02 Å². The Labute approximate surface area is 183 Å². The minimum atomic E-state index is -0.161. The normalized spacial score (nSPS) is 10.9. The molecule has 154 valence electrons. The number of hydrogen-bond donors (Lipinski definition) is 1. The van der Waals surface area contributed by atoms with Gasteiger partial charge in [0.05, 0.1) is 31.5 Å². The molecule has 0 saturated heterocycles. The second-order valence-electron chi connectivity index (χ2n) is 6.53. The average molecular weight is 442 g/mol. The second-order valence-corrected chi connectivity index (χ2v) is 7.81. The van der Waals surface area contributed by atoms with Gasteiger partial charge in [-0.3, -0.25) is 9.20 Å². The summed E-state index contributed by atoms with van der Waals surface area (Å²) in [6, 6.07) is 12.9. The number of benzene rings is 2. The summed E-state index contributed by atoms with van der Waals surface area (Å²) in [4.78, 5) is 18.1. The van der Waals surface area contributed by atoms with Crippen molar-refractivity contribution in [2.75, 3.05) is 19.0 Å². The molecule has 1 N–H and O–H groups in total. The van der Waals surface area contributed by atoms with Gasteiger partial charge >= 0.3 is 0 Å². The molecule has 2 heterocycles. The van der Waals surface area contributed by atoms with Crippen molar-refractivity contribution in [3.63, 3.8) is 0 Å². The van der Waals surface area contributed by atoms with Crippen LogP contribution in [0.15, 0.2) is 54.0 Å². The van der Waals surface area contributed by atoms with Gasteiger partial charge in [-0.1, -0.05) is 11.6 Å². The SMILES string of the molecule is CCOc1ccc(-c2cn3c(CC(=O)Nc4cc(Cl)ccc4OC)csc3n2)cc1. The fourth-order valence-electron chi connectivity index (χ4n) is 3.12. The van der Waals surface area contributed by atoms with E-state index in [1.54, 1.807) is 25.3 Å². The van der Waals surface area contributed by atoms with E-state index in [-0.39, 0.29) is 12.3 Å². The Morgan fingerprint density at radius 1 is 1.23 bits per heavy atom. The van der Waals surface area contributed by atoms with Crippen LogP contribution in [0, 0.1) is 0 Å². The van der Waals surface area contributed by atoms with Crippen LogP contribution in [0.25, 0.3) is 16.2 Å². The van der Waals surface area contributed by atoms with Crippen LogP contribution >= 0.6 is 22.9 Å². The molecule has 0 unspecified atom stereocenters. The first-order valence-electron chi connectivity index (χ1n) is 9.39. The van der Waals surface area contributed by atoms with Crippen LogP contribution in [0.3, 0.4) is 0 Å². The summed E-state index contributed by atoms with van der Waals surface area (Å²) in [6.07, 6.45) is 2.15. The molecule has 0 spiro atoms. The molecule has 8 heteroatoms. The Bertz CT molecular complexity index is 1180. The van der Waals surface area contributed by atoms with Crippen molar-refractivity contribution < 1.29 is 14.3 Å². The number of methoxy groups -OCH3 is 1. The number of halogens is 1. The van der Waals surface area contributed by atoms with Crippen molar-refractivity contribution in [3.8, 4) is 22.8 Å². The summed E-state index contributed by atoms with van der Waals surface area (Å²) in [7, 11) is 1.55. The third-order valence-electron chi connectivity index (χ3n) is 4.52. The summed E-state index contributed by atoms with van der Waals surface area (Å²) in [6.45, 7) is 2.59. The number of nitrogens with one attached hydrogen (secondary N) is 1. The van der Waals surface area contributed by atoms with E-state index in [0.717, 1.165) is 27.7 Å². The molecule has 0 radical (unpaired) electrons. The molecule has 4 rings (SSSR count). The maximum absolute atomic E-state index is 12.6. The number of thiazole rings is 1. The number of anilines is 1. The van der Waals surface area contributed by atoms with Crippen LogP contribution in [0.1, 0.15) is 12.6 Å². The number of carbonyl (C=O) groups is 1. The van der Waals surface area contributed by atoms with E-state index in [1.165, 1.54) is 11.3 Å². The lowest BCUT2D eigenvalue weighted by Gasteiger charge is -2.10. The fraction of sp³-hybridized carbons (Fsp3) is 0.182.